The lowest BCUT2D eigenvalue weighted by Gasteiger charge is -2.09. The van der Waals surface area contributed by atoms with Gasteiger partial charge in [0.1, 0.15) is 17.3 Å². The van der Waals surface area contributed by atoms with E-state index in [0.717, 1.165) is 0 Å². The van der Waals surface area contributed by atoms with Crippen LogP contribution in [0.15, 0.2) is 12.4 Å². The molecular weight excluding hydrogens is 216 g/mol. The van der Waals surface area contributed by atoms with E-state index in [1.807, 2.05) is 6.92 Å². The Bertz CT molecular complexity index is 345. The second-order valence-corrected chi connectivity index (χ2v) is 3.58. The molecule has 1 rings (SSSR count). The first kappa shape index (κ1) is 11.9. The molecule has 3 N–H and O–H groups in total. The third-order valence-corrected chi connectivity index (χ3v) is 2.14. The van der Waals surface area contributed by atoms with Crippen LogP contribution >= 0.6 is 11.6 Å². The van der Waals surface area contributed by atoms with E-state index in [0.29, 0.717) is 23.9 Å². The number of carbonyl (C=O) groups excluding carboxylic acids is 1. The molecular formula is C9H13ClN4O. The fraction of sp³-hybridized carbons (Fsp3) is 0.444. The Morgan fingerprint density at radius 1 is 1.67 bits per heavy atom. The van der Waals surface area contributed by atoms with Crippen LogP contribution in [0.3, 0.4) is 0 Å². The Balaban J connectivity index is 2.58. The van der Waals surface area contributed by atoms with Gasteiger partial charge in [-0.2, -0.15) is 0 Å². The molecule has 0 bridgehead atoms. The summed E-state index contributed by atoms with van der Waals surface area (Å²) in [5, 5.41) is 2.94. The summed E-state index contributed by atoms with van der Waals surface area (Å²) in [6, 6.07) is 1.49. The molecule has 1 unspecified atom stereocenters. The summed E-state index contributed by atoms with van der Waals surface area (Å²) in [6.45, 7) is 2.30. The number of aromatic nitrogens is 2. The van der Waals surface area contributed by atoms with Crippen LogP contribution in [-0.4, -0.2) is 22.4 Å². The molecule has 1 heterocycles. The Morgan fingerprint density at radius 2 is 2.40 bits per heavy atom. The third kappa shape index (κ3) is 3.81. The number of nitrogens with two attached hydrogens (primary N) is 1. The summed E-state index contributed by atoms with van der Waals surface area (Å²) in [5.41, 5.74) is 5.36. The summed E-state index contributed by atoms with van der Waals surface area (Å²) in [7, 11) is 0. The van der Waals surface area contributed by atoms with Gasteiger partial charge >= 0.3 is 0 Å². The molecule has 0 saturated heterocycles. The molecule has 0 radical (unpaired) electrons. The summed E-state index contributed by atoms with van der Waals surface area (Å²) < 4.78 is 0. The minimum atomic E-state index is -0.135. The molecule has 82 valence electrons. The van der Waals surface area contributed by atoms with Crippen LogP contribution in [0.25, 0.3) is 0 Å². The van der Waals surface area contributed by atoms with Crippen LogP contribution in [0, 0.1) is 5.92 Å². The second-order valence-electron chi connectivity index (χ2n) is 3.19. The summed E-state index contributed by atoms with van der Waals surface area (Å²) in [6.07, 6.45) is 1.94. The van der Waals surface area contributed by atoms with Crippen molar-refractivity contribution in [3.8, 4) is 0 Å². The van der Waals surface area contributed by atoms with Gasteiger partial charge in [0, 0.05) is 12.0 Å². The molecule has 1 aromatic rings. The molecule has 0 aliphatic carbocycles. The fourth-order valence-electron chi connectivity index (χ4n) is 1.03. The van der Waals surface area contributed by atoms with Crippen molar-refractivity contribution in [2.24, 2.45) is 11.7 Å². The Kier molecular flexibility index (Phi) is 4.45. The van der Waals surface area contributed by atoms with Gasteiger partial charge in [0.25, 0.3) is 0 Å². The Labute approximate surface area is 93.0 Å². The van der Waals surface area contributed by atoms with Crippen LogP contribution in [0.1, 0.15) is 13.3 Å². The van der Waals surface area contributed by atoms with E-state index in [1.54, 1.807) is 0 Å². The summed E-state index contributed by atoms with van der Waals surface area (Å²) in [5.74, 6) is 0.155. The fourth-order valence-corrected chi connectivity index (χ4v) is 1.18. The van der Waals surface area contributed by atoms with Gasteiger partial charge in [-0.05, 0) is 13.0 Å². The van der Waals surface area contributed by atoms with Gasteiger partial charge in [0.05, 0.1) is 0 Å². The first-order chi connectivity index (χ1) is 7.13. The van der Waals surface area contributed by atoms with E-state index in [1.165, 1.54) is 12.4 Å². The second kappa shape index (κ2) is 5.63. The highest BCUT2D eigenvalue weighted by atomic mass is 35.5. The number of anilines is 1. The van der Waals surface area contributed by atoms with E-state index < -0.39 is 0 Å². The van der Waals surface area contributed by atoms with Gasteiger partial charge in [-0.1, -0.05) is 18.5 Å². The maximum absolute atomic E-state index is 11.5. The lowest BCUT2D eigenvalue weighted by atomic mass is 10.1. The van der Waals surface area contributed by atoms with Gasteiger partial charge in [-0.25, -0.2) is 9.97 Å². The van der Waals surface area contributed by atoms with Gasteiger partial charge in [0.15, 0.2) is 0 Å². The summed E-state index contributed by atoms with van der Waals surface area (Å²) in [4.78, 5) is 19.1. The van der Waals surface area contributed by atoms with Crippen molar-refractivity contribution in [1.82, 2.24) is 9.97 Å². The largest absolute Gasteiger partial charge is 0.330 e. The molecule has 1 aromatic heterocycles. The summed E-state index contributed by atoms with van der Waals surface area (Å²) >= 11 is 5.65. The van der Waals surface area contributed by atoms with E-state index >= 15 is 0 Å². The number of halogens is 1. The maximum Gasteiger partial charge on any atom is 0.228 e. The van der Waals surface area contributed by atoms with Crippen molar-refractivity contribution in [2.45, 2.75) is 13.3 Å². The van der Waals surface area contributed by atoms with Crippen LogP contribution in [0.2, 0.25) is 5.15 Å². The Morgan fingerprint density at radius 3 is 3.00 bits per heavy atom. The van der Waals surface area contributed by atoms with E-state index in [-0.39, 0.29) is 11.8 Å². The lowest BCUT2D eigenvalue weighted by molar-refractivity contribution is -0.119. The minimum absolute atomic E-state index is 0.116. The highest BCUT2D eigenvalue weighted by Crippen LogP contribution is 2.10. The number of nitrogens with zero attached hydrogens (tertiary/aromatic N) is 2. The smallest absolute Gasteiger partial charge is 0.228 e. The first-order valence-electron chi connectivity index (χ1n) is 4.62. The molecule has 0 aromatic carbocycles. The predicted molar refractivity (Wildman–Crippen MR) is 58.5 cm³/mol. The van der Waals surface area contributed by atoms with Crippen molar-refractivity contribution >= 4 is 23.3 Å². The van der Waals surface area contributed by atoms with Crippen molar-refractivity contribution < 1.29 is 4.79 Å². The number of hydrogen-bond donors (Lipinski definition) is 2. The molecule has 0 aliphatic rings. The molecule has 15 heavy (non-hydrogen) atoms. The molecule has 0 spiro atoms. The number of hydrogen-bond acceptors (Lipinski definition) is 4. The van der Waals surface area contributed by atoms with Crippen molar-refractivity contribution in [1.29, 1.82) is 0 Å². The topological polar surface area (TPSA) is 80.9 Å². The standard InChI is InChI=1S/C9H13ClN4O/c1-6(2-3-11)9(15)14-8-4-7(10)12-5-13-8/h4-6H,2-3,11H2,1H3,(H,12,13,14,15). The van der Waals surface area contributed by atoms with Crippen LogP contribution < -0.4 is 11.1 Å². The zero-order valence-electron chi connectivity index (χ0n) is 8.40. The SMILES string of the molecule is CC(CCN)C(=O)Nc1cc(Cl)ncn1. The van der Waals surface area contributed by atoms with E-state index in [2.05, 4.69) is 15.3 Å². The predicted octanol–water partition coefficient (Wildman–Crippen LogP) is 1.05. The van der Waals surface area contributed by atoms with Crippen LogP contribution in [0.4, 0.5) is 5.82 Å². The van der Waals surface area contributed by atoms with E-state index in [4.69, 9.17) is 17.3 Å². The number of carbonyl (C=O) groups is 1. The lowest BCUT2D eigenvalue weighted by Crippen LogP contribution is -2.23. The van der Waals surface area contributed by atoms with Crippen LogP contribution in [-0.2, 0) is 4.79 Å². The maximum atomic E-state index is 11.5. The third-order valence-electron chi connectivity index (χ3n) is 1.93. The molecule has 0 aliphatic heterocycles. The monoisotopic (exact) mass is 228 g/mol. The zero-order valence-corrected chi connectivity index (χ0v) is 9.16. The average molecular weight is 229 g/mol. The quantitative estimate of drug-likeness (QED) is 0.755. The van der Waals surface area contributed by atoms with Crippen LogP contribution in [0.5, 0.6) is 0 Å². The number of amides is 1. The average Bonchev–Trinajstić information content (AvgIpc) is 2.18. The Hall–Kier alpha value is -1.20. The first-order valence-corrected chi connectivity index (χ1v) is 4.99. The van der Waals surface area contributed by atoms with Gasteiger partial charge in [0.2, 0.25) is 5.91 Å². The molecule has 5 nitrogen and oxygen atoms in total. The molecule has 0 fully saturated rings. The highest BCUT2D eigenvalue weighted by Gasteiger charge is 2.12. The van der Waals surface area contributed by atoms with Crippen molar-refractivity contribution in [2.75, 3.05) is 11.9 Å². The normalized spacial score (nSPS) is 12.2. The van der Waals surface area contributed by atoms with Crippen molar-refractivity contribution in [3.63, 3.8) is 0 Å². The minimum Gasteiger partial charge on any atom is -0.330 e. The molecule has 6 heteroatoms. The highest BCUT2D eigenvalue weighted by molar-refractivity contribution is 6.29. The molecule has 0 saturated carbocycles. The molecule has 1 amide bonds. The number of rotatable bonds is 4. The number of nitrogens with one attached hydrogen (secondary N) is 1. The van der Waals surface area contributed by atoms with Gasteiger partial charge in [-0.15, -0.1) is 0 Å². The van der Waals surface area contributed by atoms with E-state index in [9.17, 15) is 4.79 Å². The zero-order chi connectivity index (χ0) is 11.3. The molecule has 1 atom stereocenters. The van der Waals surface area contributed by atoms with Gasteiger partial charge in [-0.3, -0.25) is 4.79 Å². The van der Waals surface area contributed by atoms with Gasteiger partial charge < -0.3 is 11.1 Å². The van der Waals surface area contributed by atoms with Crippen molar-refractivity contribution in [3.05, 3.63) is 17.5 Å².